The van der Waals surface area contributed by atoms with Gasteiger partial charge in [0.05, 0.1) is 22.3 Å². The van der Waals surface area contributed by atoms with Crippen molar-refractivity contribution in [1.29, 1.82) is 0 Å². The molecule has 4 aromatic rings. The molecule has 2 aromatic heterocycles. The second-order valence-electron chi connectivity index (χ2n) is 8.38. The first kappa shape index (κ1) is 24.2. The van der Waals surface area contributed by atoms with Gasteiger partial charge in [0.25, 0.3) is 5.56 Å². The molecule has 0 saturated carbocycles. The van der Waals surface area contributed by atoms with E-state index in [1.54, 1.807) is 16.4 Å². The maximum Gasteiger partial charge on any atom is 0.262 e. The van der Waals surface area contributed by atoms with Crippen LogP contribution in [0.2, 0.25) is 0 Å². The van der Waals surface area contributed by atoms with E-state index < -0.39 is 0 Å². The summed E-state index contributed by atoms with van der Waals surface area (Å²) in [7, 11) is 0. The van der Waals surface area contributed by atoms with Gasteiger partial charge in [0.15, 0.2) is 10.3 Å². The van der Waals surface area contributed by atoms with E-state index in [1.165, 1.54) is 28.7 Å². The summed E-state index contributed by atoms with van der Waals surface area (Å²) < 4.78 is 1.75. The molecule has 176 valence electrons. The van der Waals surface area contributed by atoms with E-state index in [-0.39, 0.29) is 11.5 Å². The van der Waals surface area contributed by atoms with E-state index in [0.29, 0.717) is 33.5 Å². The summed E-state index contributed by atoms with van der Waals surface area (Å²) in [6, 6.07) is 11.6. The van der Waals surface area contributed by atoms with Crippen LogP contribution in [0.5, 0.6) is 0 Å². The number of rotatable bonds is 7. The lowest BCUT2D eigenvalue weighted by Crippen LogP contribution is -2.24. The van der Waals surface area contributed by atoms with Gasteiger partial charge in [-0.2, -0.15) is 0 Å². The molecule has 0 atom stereocenters. The van der Waals surface area contributed by atoms with E-state index in [0.717, 1.165) is 28.9 Å². The van der Waals surface area contributed by atoms with Crippen LogP contribution in [0.4, 0.5) is 10.8 Å². The van der Waals surface area contributed by atoms with E-state index in [4.69, 9.17) is 9.97 Å². The van der Waals surface area contributed by atoms with Crippen molar-refractivity contribution in [3.8, 4) is 0 Å². The zero-order valence-electron chi connectivity index (χ0n) is 20.1. The first-order chi connectivity index (χ1) is 16.3. The second-order valence-corrected chi connectivity index (χ2v) is 10.2. The second kappa shape index (κ2) is 10.1. The number of para-hydroxylation sites is 1. The molecule has 4 rings (SSSR count). The van der Waals surface area contributed by atoms with Gasteiger partial charge in [-0.15, -0.1) is 11.3 Å². The van der Waals surface area contributed by atoms with Crippen LogP contribution in [0.1, 0.15) is 42.7 Å². The zero-order valence-corrected chi connectivity index (χ0v) is 21.7. The van der Waals surface area contributed by atoms with Crippen molar-refractivity contribution in [2.75, 3.05) is 4.90 Å². The molecular formula is C26H28N4O2S2. The van der Waals surface area contributed by atoms with Crippen molar-refractivity contribution >= 4 is 50.7 Å². The Kier molecular flexibility index (Phi) is 7.19. The fourth-order valence-electron chi connectivity index (χ4n) is 4.20. The molecule has 0 fully saturated rings. The summed E-state index contributed by atoms with van der Waals surface area (Å²) in [4.78, 5) is 36.9. The highest BCUT2D eigenvalue weighted by Crippen LogP contribution is 2.35. The first-order valence-electron chi connectivity index (χ1n) is 11.3. The summed E-state index contributed by atoms with van der Waals surface area (Å²) in [5.41, 5.74) is 5.69. The van der Waals surface area contributed by atoms with Crippen LogP contribution in [0, 0.1) is 20.8 Å². The van der Waals surface area contributed by atoms with Crippen LogP contribution >= 0.6 is 23.1 Å². The maximum absolute atomic E-state index is 13.0. The summed E-state index contributed by atoms with van der Waals surface area (Å²) in [6.07, 6.45) is 0.844. The van der Waals surface area contributed by atoms with Crippen molar-refractivity contribution in [1.82, 2.24) is 14.5 Å². The van der Waals surface area contributed by atoms with Gasteiger partial charge in [-0.05, 0) is 50.5 Å². The highest BCUT2D eigenvalue weighted by Gasteiger charge is 2.22. The van der Waals surface area contributed by atoms with Crippen molar-refractivity contribution in [2.24, 2.45) is 0 Å². The average molecular weight is 493 g/mol. The Labute approximate surface area is 207 Å². The molecule has 0 radical (unpaired) electrons. The fourth-order valence-corrected chi connectivity index (χ4v) is 6.09. The highest BCUT2D eigenvalue weighted by atomic mass is 32.2. The van der Waals surface area contributed by atoms with Crippen LogP contribution in [0.15, 0.2) is 51.7 Å². The van der Waals surface area contributed by atoms with Gasteiger partial charge in [-0.25, -0.2) is 9.97 Å². The molecule has 2 aromatic carbocycles. The maximum atomic E-state index is 13.0. The van der Waals surface area contributed by atoms with E-state index in [1.807, 2.05) is 50.4 Å². The molecule has 0 aliphatic carbocycles. The molecule has 34 heavy (non-hydrogen) atoms. The van der Waals surface area contributed by atoms with Crippen molar-refractivity contribution in [2.45, 2.75) is 58.5 Å². The van der Waals surface area contributed by atoms with Gasteiger partial charge < -0.3 is 0 Å². The van der Waals surface area contributed by atoms with Crippen molar-refractivity contribution in [3.63, 3.8) is 0 Å². The minimum Gasteiger partial charge on any atom is -0.287 e. The van der Waals surface area contributed by atoms with E-state index in [2.05, 4.69) is 19.1 Å². The molecule has 8 heteroatoms. The fraction of sp³-hybridized carbons (Fsp3) is 0.308. The topological polar surface area (TPSA) is 68.1 Å². The third-order valence-corrected chi connectivity index (χ3v) is 7.41. The van der Waals surface area contributed by atoms with Gasteiger partial charge >= 0.3 is 0 Å². The van der Waals surface area contributed by atoms with Crippen LogP contribution in [-0.4, -0.2) is 20.4 Å². The summed E-state index contributed by atoms with van der Waals surface area (Å²) in [6.45, 7) is 10.3. The molecule has 0 N–H and O–H groups in total. The SMILES string of the molecule is CCCn1c(SCc2csc(N(C(C)=O)c3c(C)cc(C)cc3C)n2)nc2ccccc2c1=O. The predicted octanol–water partition coefficient (Wildman–Crippen LogP) is 6.17. The third-order valence-electron chi connectivity index (χ3n) is 5.53. The Morgan fingerprint density at radius 1 is 1.12 bits per heavy atom. The molecule has 0 aliphatic heterocycles. The number of aromatic nitrogens is 3. The number of carbonyl (C=O) groups is 1. The van der Waals surface area contributed by atoms with Crippen molar-refractivity contribution in [3.05, 3.63) is 74.5 Å². The number of aryl methyl sites for hydroxylation is 3. The number of thioether (sulfide) groups is 1. The largest absolute Gasteiger partial charge is 0.287 e. The molecule has 0 unspecified atom stereocenters. The standard InChI is InChI=1S/C26H28N4O2S2/c1-6-11-29-24(32)21-9-7-8-10-22(21)28-25(29)33-14-20-15-34-26(27-20)30(19(5)31)23-17(3)12-16(2)13-18(23)4/h7-10,12-13,15H,6,11,14H2,1-5H3. The number of carbonyl (C=O) groups excluding carboxylic acids is 1. The normalized spacial score (nSPS) is 11.2. The van der Waals surface area contributed by atoms with Crippen LogP contribution in [-0.2, 0) is 17.1 Å². The molecular weight excluding hydrogens is 464 g/mol. The lowest BCUT2D eigenvalue weighted by atomic mass is 10.0. The minimum atomic E-state index is -0.0726. The molecule has 0 bridgehead atoms. The predicted molar refractivity (Wildman–Crippen MR) is 141 cm³/mol. The average Bonchev–Trinajstić information content (AvgIpc) is 3.25. The van der Waals surface area contributed by atoms with E-state index in [9.17, 15) is 9.59 Å². The van der Waals surface area contributed by atoms with Gasteiger partial charge in [0.2, 0.25) is 5.91 Å². The van der Waals surface area contributed by atoms with Crippen LogP contribution in [0.25, 0.3) is 10.9 Å². The molecule has 6 nitrogen and oxygen atoms in total. The summed E-state index contributed by atoms with van der Waals surface area (Å²) in [5.74, 6) is 0.486. The Balaban J connectivity index is 1.64. The lowest BCUT2D eigenvalue weighted by molar-refractivity contribution is -0.115. The molecule has 1 amide bonds. The Morgan fingerprint density at radius 3 is 2.50 bits per heavy atom. The van der Waals surface area contributed by atoms with Gasteiger partial charge in [0.1, 0.15) is 0 Å². The highest BCUT2D eigenvalue weighted by molar-refractivity contribution is 7.98. The number of nitrogens with zero attached hydrogens (tertiary/aromatic N) is 4. The zero-order chi connectivity index (χ0) is 24.4. The number of anilines is 2. The van der Waals surface area contributed by atoms with Crippen LogP contribution < -0.4 is 10.5 Å². The van der Waals surface area contributed by atoms with Gasteiger partial charge in [-0.3, -0.25) is 19.1 Å². The monoisotopic (exact) mass is 492 g/mol. The number of hydrogen-bond acceptors (Lipinski definition) is 6. The number of amides is 1. The van der Waals surface area contributed by atoms with E-state index >= 15 is 0 Å². The van der Waals surface area contributed by atoms with Crippen LogP contribution in [0.3, 0.4) is 0 Å². The molecule has 0 spiro atoms. The molecule has 2 heterocycles. The quantitative estimate of drug-likeness (QED) is 0.228. The number of hydrogen-bond donors (Lipinski definition) is 0. The number of benzene rings is 2. The minimum absolute atomic E-state index is 0.0120. The summed E-state index contributed by atoms with van der Waals surface area (Å²) >= 11 is 2.95. The smallest absolute Gasteiger partial charge is 0.262 e. The van der Waals surface area contributed by atoms with Crippen molar-refractivity contribution < 1.29 is 4.79 Å². The number of thiazole rings is 1. The molecule has 0 saturated heterocycles. The first-order valence-corrected chi connectivity index (χ1v) is 13.1. The Bertz CT molecular complexity index is 1400. The Hall–Kier alpha value is -2.97. The number of fused-ring (bicyclic) bond motifs is 1. The lowest BCUT2D eigenvalue weighted by Gasteiger charge is -2.23. The Morgan fingerprint density at radius 2 is 1.82 bits per heavy atom. The van der Waals surface area contributed by atoms with Gasteiger partial charge in [0, 0.05) is 24.6 Å². The molecule has 0 aliphatic rings. The van der Waals surface area contributed by atoms with Gasteiger partial charge in [-0.1, -0.05) is 48.5 Å². The summed E-state index contributed by atoms with van der Waals surface area (Å²) in [5, 5.41) is 3.95. The third kappa shape index (κ3) is 4.79.